The minimum absolute atomic E-state index is 0.0970. The minimum atomic E-state index is -4.30. The summed E-state index contributed by atoms with van der Waals surface area (Å²) in [6, 6.07) is 6.40. The van der Waals surface area contributed by atoms with Crippen LogP contribution >= 0.6 is 0 Å². The van der Waals surface area contributed by atoms with Gasteiger partial charge in [0.1, 0.15) is 22.3 Å². The Bertz CT molecular complexity index is 735. The number of nitrogens with zero attached hydrogens (tertiary/aromatic N) is 1. The van der Waals surface area contributed by atoms with E-state index in [1.807, 2.05) is 4.72 Å². The molecule has 1 aromatic heterocycles. The lowest BCUT2D eigenvalue weighted by atomic mass is 10.3. The number of rotatable bonds is 4. The highest BCUT2D eigenvalue weighted by atomic mass is 32.2. The molecule has 0 unspecified atom stereocenters. The van der Waals surface area contributed by atoms with E-state index < -0.39 is 26.6 Å². The van der Waals surface area contributed by atoms with Crippen LogP contribution in [0.1, 0.15) is 5.69 Å². The Morgan fingerprint density at radius 1 is 1.20 bits per heavy atom. The first-order valence-corrected chi connectivity index (χ1v) is 6.95. The van der Waals surface area contributed by atoms with Gasteiger partial charge in [0, 0.05) is 0 Å². The first-order chi connectivity index (χ1) is 9.42. The monoisotopic (exact) mass is 300 g/mol. The highest BCUT2D eigenvalue weighted by Crippen LogP contribution is 2.19. The molecule has 0 bridgehead atoms. The smallest absolute Gasteiger partial charge is 0.266 e. The Labute approximate surface area is 114 Å². The van der Waals surface area contributed by atoms with E-state index >= 15 is 0 Å². The van der Waals surface area contributed by atoms with Crippen molar-refractivity contribution in [3.63, 3.8) is 0 Å². The predicted octanol–water partition coefficient (Wildman–Crippen LogP) is 1.65. The van der Waals surface area contributed by atoms with E-state index in [0.717, 1.165) is 12.1 Å². The summed E-state index contributed by atoms with van der Waals surface area (Å²) in [5.41, 5.74) is 0.241. The number of sulfonamides is 1. The number of nitrogens with one attached hydrogen (secondary N) is 1. The number of pyridine rings is 1. The van der Waals surface area contributed by atoms with Gasteiger partial charge < -0.3 is 5.11 Å². The summed E-state index contributed by atoms with van der Waals surface area (Å²) in [7, 11) is -4.30. The Kier molecular flexibility index (Phi) is 3.96. The van der Waals surface area contributed by atoms with Crippen molar-refractivity contribution < 1.29 is 22.3 Å². The molecule has 0 aliphatic carbocycles. The molecule has 0 aliphatic heterocycles. The second kappa shape index (κ2) is 5.51. The molecule has 0 saturated heterocycles. The molecule has 2 N–H and O–H groups in total. The van der Waals surface area contributed by atoms with Gasteiger partial charge in [-0.3, -0.25) is 4.72 Å². The Balaban J connectivity index is 2.38. The fourth-order valence-electron chi connectivity index (χ4n) is 1.50. The van der Waals surface area contributed by atoms with Crippen molar-refractivity contribution in [2.24, 2.45) is 0 Å². The third-order valence-electron chi connectivity index (χ3n) is 2.39. The van der Waals surface area contributed by atoms with Crippen LogP contribution in [0.15, 0.2) is 41.3 Å². The second-order valence-corrected chi connectivity index (χ2v) is 5.50. The maximum atomic E-state index is 13.5. The molecule has 0 fully saturated rings. The second-order valence-electron chi connectivity index (χ2n) is 3.85. The van der Waals surface area contributed by atoms with E-state index in [1.54, 1.807) is 0 Å². The molecule has 0 atom stereocenters. The fourth-order valence-corrected chi connectivity index (χ4v) is 2.59. The van der Waals surface area contributed by atoms with Gasteiger partial charge in [0.25, 0.3) is 10.0 Å². The quantitative estimate of drug-likeness (QED) is 0.900. The van der Waals surface area contributed by atoms with Gasteiger partial charge in [-0.25, -0.2) is 22.2 Å². The number of aromatic nitrogens is 1. The van der Waals surface area contributed by atoms with E-state index in [9.17, 15) is 17.2 Å². The van der Waals surface area contributed by atoms with Crippen molar-refractivity contribution in [1.29, 1.82) is 0 Å². The third kappa shape index (κ3) is 3.09. The number of hydrogen-bond acceptors (Lipinski definition) is 4. The number of halogens is 2. The summed E-state index contributed by atoms with van der Waals surface area (Å²) in [6.07, 6.45) is 0. The van der Waals surface area contributed by atoms with Crippen LogP contribution in [-0.4, -0.2) is 18.5 Å². The average molecular weight is 300 g/mol. The van der Waals surface area contributed by atoms with Crippen LogP contribution in [0.2, 0.25) is 0 Å². The Morgan fingerprint density at radius 3 is 2.65 bits per heavy atom. The average Bonchev–Trinajstić information content (AvgIpc) is 2.41. The first kappa shape index (κ1) is 14.4. The molecule has 0 amide bonds. The lowest BCUT2D eigenvalue weighted by Gasteiger charge is -2.09. The number of aliphatic hydroxyl groups excluding tert-OH is 1. The van der Waals surface area contributed by atoms with E-state index in [0.29, 0.717) is 6.07 Å². The molecule has 0 spiro atoms. The standard InChI is InChI=1S/C12H10F2N2O3S/c13-8-4-5-10(14)11(6-8)20(18,19)16-12-3-1-2-9(7-17)15-12/h1-6,17H,7H2,(H,15,16). The molecule has 2 aromatic rings. The minimum Gasteiger partial charge on any atom is -0.390 e. The van der Waals surface area contributed by atoms with E-state index in [2.05, 4.69) is 4.98 Å². The van der Waals surface area contributed by atoms with Gasteiger partial charge in [0.15, 0.2) is 0 Å². The summed E-state index contributed by atoms with van der Waals surface area (Å²) in [6.45, 7) is -0.371. The van der Waals surface area contributed by atoms with E-state index in [4.69, 9.17) is 5.11 Å². The molecule has 2 rings (SSSR count). The summed E-state index contributed by atoms with van der Waals surface area (Å²) < 4.78 is 52.4. The van der Waals surface area contributed by atoms with Crippen molar-refractivity contribution in [3.05, 3.63) is 53.7 Å². The molecule has 0 saturated carbocycles. The zero-order valence-corrected chi connectivity index (χ0v) is 10.9. The highest BCUT2D eigenvalue weighted by Gasteiger charge is 2.20. The fraction of sp³-hybridized carbons (Fsp3) is 0.0833. The summed E-state index contributed by atoms with van der Waals surface area (Å²) in [5.74, 6) is -2.04. The number of hydrogen-bond donors (Lipinski definition) is 2. The van der Waals surface area contributed by atoms with Crippen LogP contribution in [0.3, 0.4) is 0 Å². The van der Waals surface area contributed by atoms with Crippen LogP contribution < -0.4 is 4.72 Å². The van der Waals surface area contributed by atoms with Crippen LogP contribution in [0.25, 0.3) is 0 Å². The number of anilines is 1. The lowest BCUT2D eigenvalue weighted by Crippen LogP contribution is -2.16. The van der Waals surface area contributed by atoms with Crippen molar-refractivity contribution in [2.75, 3.05) is 4.72 Å². The maximum Gasteiger partial charge on any atom is 0.266 e. The van der Waals surface area contributed by atoms with Gasteiger partial charge in [-0.05, 0) is 30.3 Å². The van der Waals surface area contributed by atoms with Gasteiger partial charge in [-0.2, -0.15) is 0 Å². The molecule has 8 heteroatoms. The summed E-state index contributed by atoms with van der Waals surface area (Å²) >= 11 is 0. The molecule has 0 aliphatic rings. The van der Waals surface area contributed by atoms with Crippen LogP contribution in [0.4, 0.5) is 14.6 Å². The number of benzene rings is 1. The van der Waals surface area contributed by atoms with Gasteiger partial charge in [0.2, 0.25) is 0 Å². The zero-order chi connectivity index (χ0) is 14.8. The molecule has 1 aromatic carbocycles. The van der Waals surface area contributed by atoms with E-state index in [1.165, 1.54) is 18.2 Å². The van der Waals surface area contributed by atoms with Crippen molar-refractivity contribution in [1.82, 2.24) is 4.98 Å². The predicted molar refractivity (Wildman–Crippen MR) is 67.3 cm³/mol. The van der Waals surface area contributed by atoms with Crippen LogP contribution in [0.5, 0.6) is 0 Å². The van der Waals surface area contributed by atoms with Crippen molar-refractivity contribution >= 4 is 15.8 Å². The third-order valence-corrected chi connectivity index (χ3v) is 3.76. The number of aliphatic hydroxyl groups is 1. The largest absolute Gasteiger partial charge is 0.390 e. The van der Waals surface area contributed by atoms with E-state index in [-0.39, 0.29) is 18.1 Å². The van der Waals surface area contributed by atoms with Crippen LogP contribution in [0, 0.1) is 11.6 Å². The zero-order valence-electron chi connectivity index (χ0n) is 10.0. The summed E-state index contributed by atoms with van der Waals surface area (Å²) in [4.78, 5) is 2.99. The van der Waals surface area contributed by atoms with Crippen molar-refractivity contribution in [2.45, 2.75) is 11.5 Å². The first-order valence-electron chi connectivity index (χ1n) is 5.47. The van der Waals surface area contributed by atoms with Gasteiger partial charge in [-0.1, -0.05) is 6.07 Å². The van der Waals surface area contributed by atoms with Crippen LogP contribution in [-0.2, 0) is 16.6 Å². The van der Waals surface area contributed by atoms with Gasteiger partial charge >= 0.3 is 0 Å². The van der Waals surface area contributed by atoms with Crippen molar-refractivity contribution in [3.8, 4) is 0 Å². The molecule has 0 radical (unpaired) electrons. The molecule has 106 valence electrons. The molecule has 20 heavy (non-hydrogen) atoms. The molecule has 1 heterocycles. The van der Waals surface area contributed by atoms with Gasteiger partial charge in [-0.15, -0.1) is 0 Å². The Hall–Kier alpha value is -2.06. The Morgan fingerprint density at radius 2 is 1.95 bits per heavy atom. The summed E-state index contributed by atoms with van der Waals surface area (Å²) in [5, 5.41) is 8.91. The normalized spacial score (nSPS) is 11.3. The maximum absolute atomic E-state index is 13.5. The highest BCUT2D eigenvalue weighted by molar-refractivity contribution is 7.92. The van der Waals surface area contributed by atoms with Gasteiger partial charge in [0.05, 0.1) is 12.3 Å². The molecular formula is C12H10F2N2O3S. The molecular weight excluding hydrogens is 290 g/mol. The molecule has 5 nitrogen and oxygen atoms in total. The topological polar surface area (TPSA) is 79.3 Å². The lowest BCUT2D eigenvalue weighted by molar-refractivity contribution is 0.277. The SMILES string of the molecule is O=S(=O)(Nc1cccc(CO)n1)c1cc(F)ccc1F.